The van der Waals surface area contributed by atoms with Gasteiger partial charge in [0.15, 0.2) is 0 Å². The van der Waals surface area contributed by atoms with Crippen molar-refractivity contribution >= 4 is 22.5 Å². The van der Waals surface area contributed by atoms with E-state index < -0.39 is 0 Å². The van der Waals surface area contributed by atoms with Crippen molar-refractivity contribution in [3.8, 4) is 17.0 Å². The fraction of sp³-hybridized carbons (Fsp3) is 0.382. The third-order valence-electron chi connectivity index (χ3n) is 8.06. The summed E-state index contributed by atoms with van der Waals surface area (Å²) in [6.07, 6.45) is 5.72. The molecule has 1 aliphatic heterocycles. The molecule has 2 heterocycles. The number of aryl methyl sites for hydroxylation is 1. The van der Waals surface area contributed by atoms with Gasteiger partial charge < -0.3 is 19.9 Å². The minimum Gasteiger partial charge on any atom is -0.497 e. The summed E-state index contributed by atoms with van der Waals surface area (Å²) in [7, 11) is 1.73. The number of aromatic amines is 1. The number of carbonyl (C=O) groups is 1. The van der Waals surface area contributed by atoms with Crippen LogP contribution < -0.4 is 10.1 Å². The van der Waals surface area contributed by atoms with Crippen LogP contribution in [0.15, 0.2) is 72.8 Å². The first-order chi connectivity index (χ1) is 19.0. The van der Waals surface area contributed by atoms with Crippen LogP contribution in [0, 0.1) is 5.92 Å². The van der Waals surface area contributed by atoms with Crippen LogP contribution >= 0.6 is 0 Å². The number of H-pyrrole nitrogens is 1. The molecule has 0 aliphatic carbocycles. The maximum atomic E-state index is 12.1. The van der Waals surface area contributed by atoms with Gasteiger partial charge in [0, 0.05) is 28.2 Å². The van der Waals surface area contributed by atoms with Gasteiger partial charge in [-0.3, -0.25) is 4.79 Å². The van der Waals surface area contributed by atoms with Gasteiger partial charge in [-0.05, 0) is 105 Å². The SMILES string of the molecule is COc1ccc2[nH]c(-c3ccccc3)c(CCCCN3CCC(c4cccc(NC(=O)C(C)C)c4)CC3)c2c1. The first kappa shape index (κ1) is 27.0. The highest BCUT2D eigenvalue weighted by atomic mass is 16.5. The van der Waals surface area contributed by atoms with Crippen molar-refractivity contribution in [2.75, 3.05) is 32.1 Å². The van der Waals surface area contributed by atoms with E-state index >= 15 is 0 Å². The third kappa shape index (κ3) is 6.54. The Kier molecular flexibility index (Phi) is 8.67. The Morgan fingerprint density at radius 3 is 2.54 bits per heavy atom. The van der Waals surface area contributed by atoms with Crippen LogP contribution in [0.4, 0.5) is 5.69 Å². The number of nitrogens with one attached hydrogen (secondary N) is 2. The lowest BCUT2D eigenvalue weighted by molar-refractivity contribution is -0.118. The van der Waals surface area contributed by atoms with E-state index in [1.807, 2.05) is 26.0 Å². The van der Waals surface area contributed by atoms with Gasteiger partial charge in [-0.15, -0.1) is 0 Å². The number of carbonyl (C=O) groups excluding carboxylic acids is 1. The third-order valence-corrected chi connectivity index (χ3v) is 8.06. The van der Waals surface area contributed by atoms with Crippen LogP contribution in [-0.4, -0.2) is 42.5 Å². The number of nitrogens with zero attached hydrogens (tertiary/aromatic N) is 1. The maximum absolute atomic E-state index is 12.1. The lowest BCUT2D eigenvalue weighted by Crippen LogP contribution is -2.33. The van der Waals surface area contributed by atoms with E-state index in [9.17, 15) is 4.79 Å². The summed E-state index contributed by atoms with van der Waals surface area (Å²) < 4.78 is 5.53. The molecule has 39 heavy (non-hydrogen) atoms. The maximum Gasteiger partial charge on any atom is 0.226 e. The molecule has 0 radical (unpaired) electrons. The Morgan fingerprint density at radius 1 is 1.00 bits per heavy atom. The first-order valence-electron chi connectivity index (χ1n) is 14.4. The predicted octanol–water partition coefficient (Wildman–Crippen LogP) is 7.64. The second-order valence-corrected chi connectivity index (χ2v) is 11.1. The molecule has 5 nitrogen and oxygen atoms in total. The summed E-state index contributed by atoms with van der Waals surface area (Å²) in [4.78, 5) is 18.4. The molecule has 4 aromatic rings. The van der Waals surface area contributed by atoms with Crippen molar-refractivity contribution in [2.24, 2.45) is 5.92 Å². The molecular weight excluding hydrogens is 482 g/mol. The highest BCUT2D eigenvalue weighted by Gasteiger charge is 2.21. The smallest absolute Gasteiger partial charge is 0.226 e. The average molecular weight is 524 g/mol. The number of aromatic nitrogens is 1. The molecule has 5 rings (SSSR count). The zero-order valence-electron chi connectivity index (χ0n) is 23.5. The molecule has 5 heteroatoms. The summed E-state index contributed by atoms with van der Waals surface area (Å²) in [6.45, 7) is 7.26. The lowest BCUT2D eigenvalue weighted by Gasteiger charge is -2.32. The first-order valence-corrected chi connectivity index (χ1v) is 14.4. The van der Waals surface area contributed by atoms with E-state index in [1.165, 1.54) is 52.5 Å². The minimum atomic E-state index is -0.0133. The minimum absolute atomic E-state index is 0.0133. The molecule has 1 fully saturated rings. The fourth-order valence-electron chi connectivity index (χ4n) is 5.75. The number of likely N-dealkylation sites (tertiary alicyclic amines) is 1. The molecule has 0 unspecified atom stereocenters. The summed E-state index contributed by atoms with van der Waals surface area (Å²) >= 11 is 0. The quantitative estimate of drug-likeness (QED) is 0.210. The lowest BCUT2D eigenvalue weighted by atomic mass is 9.89. The van der Waals surface area contributed by atoms with Gasteiger partial charge in [-0.1, -0.05) is 56.3 Å². The summed E-state index contributed by atoms with van der Waals surface area (Å²) in [5, 5.41) is 4.31. The second-order valence-electron chi connectivity index (χ2n) is 11.1. The molecule has 1 amide bonds. The fourth-order valence-corrected chi connectivity index (χ4v) is 5.75. The summed E-state index contributed by atoms with van der Waals surface area (Å²) in [5.74, 6) is 1.52. The number of unbranched alkanes of at least 4 members (excludes halogenated alkanes) is 1. The Balaban J connectivity index is 1.16. The number of methoxy groups -OCH3 is 1. The Morgan fingerprint density at radius 2 is 1.79 bits per heavy atom. The van der Waals surface area contributed by atoms with E-state index in [2.05, 4.69) is 75.9 Å². The predicted molar refractivity (Wildman–Crippen MR) is 162 cm³/mol. The normalized spacial score (nSPS) is 14.7. The number of rotatable bonds is 10. The number of amides is 1. The van der Waals surface area contributed by atoms with Crippen LogP contribution in [0.25, 0.3) is 22.2 Å². The largest absolute Gasteiger partial charge is 0.497 e. The number of fused-ring (bicyclic) bond motifs is 1. The molecule has 0 bridgehead atoms. The Bertz CT molecular complexity index is 1380. The van der Waals surface area contributed by atoms with Crippen LogP contribution in [0.5, 0.6) is 5.75 Å². The number of ether oxygens (including phenoxy) is 1. The second kappa shape index (κ2) is 12.5. The molecule has 1 aromatic heterocycles. The number of hydrogen-bond acceptors (Lipinski definition) is 3. The van der Waals surface area contributed by atoms with Crippen molar-refractivity contribution in [2.45, 2.75) is 51.9 Å². The summed E-state index contributed by atoms with van der Waals surface area (Å²) in [6, 6.07) is 25.4. The zero-order valence-corrected chi connectivity index (χ0v) is 23.5. The Labute approximate surface area is 232 Å². The van der Waals surface area contributed by atoms with Crippen LogP contribution in [-0.2, 0) is 11.2 Å². The van der Waals surface area contributed by atoms with E-state index in [0.717, 1.165) is 43.9 Å². The van der Waals surface area contributed by atoms with Gasteiger partial charge in [0.2, 0.25) is 5.91 Å². The number of piperidine rings is 1. The molecule has 2 N–H and O–H groups in total. The van der Waals surface area contributed by atoms with Gasteiger partial charge in [0.05, 0.1) is 7.11 Å². The number of hydrogen-bond donors (Lipinski definition) is 2. The molecule has 0 spiro atoms. The molecule has 1 aliphatic rings. The van der Waals surface area contributed by atoms with E-state index in [1.54, 1.807) is 7.11 Å². The van der Waals surface area contributed by atoms with E-state index in [-0.39, 0.29) is 11.8 Å². The standard InChI is InChI=1S/C34H41N3O2/c1-24(2)34(38)35-28-13-9-12-27(22-28)25-17-20-37(21-18-25)19-8-7-14-30-31-23-29(39-3)15-16-32(31)36-33(30)26-10-5-4-6-11-26/h4-6,9-13,15-16,22-25,36H,7-8,14,17-21H2,1-3H3,(H,35,38). The molecule has 0 atom stereocenters. The van der Waals surface area contributed by atoms with E-state index in [0.29, 0.717) is 5.92 Å². The van der Waals surface area contributed by atoms with Crippen molar-refractivity contribution in [3.05, 3.63) is 83.9 Å². The van der Waals surface area contributed by atoms with Gasteiger partial charge >= 0.3 is 0 Å². The molecule has 204 valence electrons. The number of benzene rings is 3. The van der Waals surface area contributed by atoms with E-state index in [4.69, 9.17) is 4.74 Å². The van der Waals surface area contributed by atoms with Crippen LogP contribution in [0.2, 0.25) is 0 Å². The van der Waals surface area contributed by atoms with Gasteiger partial charge in [0.25, 0.3) is 0 Å². The van der Waals surface area contributed by atoms with Crippen molar-refractivity contribution in [1.29, 1.82) is 0 Å². The summed E-state index contributed by atoms with van der Waals surface area (Å²) in [5.41, 5.74) is 7.28. The zero-order chi connectivity index (χ0) is 27.2. The van der Waals surface area contributed by atoms with Gasteiger partial charge in [-0.2, -0.15) is 0 Å². The topological polar surface area (TPSA) is 57.4 Å². The van der Waals surface area contributed by atoms with Gasteiger partial charge in [0.1, 0.15) is 5.75 Å². The highest BCUT2D eigenvalue weighted by Crippen LogP contribution is 2.34. The van der Waals surface area contributed by atoms with Crippen LogP contribution in [0.3, 0.4) is 0 Å². The van der Waals surface area contributed by atoms with Crippen molar-refractivity contribution < 1.29 is 9.53 Å². The molecule has 0 saturated carbocycles. The van der Waals surface area contributed by atoms with Gasteiger partial charge in [-0.25, -0.2) is 0 Å². The number of anilines is 1. The van der Waals surface area contributed by atoms with Crippen LogP contribution in [0.1, 0.15) is 56.6 Å². The average Bonchev–Trinajstić information content (AvgIpc) is 3.33. The highest BCUT2D eigenvalue weighted by molar-refractivity contribution is 5.92. The van der Waals surface area contributed by atoms with Crippen molar-refractivity contribution in [3.63, 3.8) is 0 Å². The molecule has 1 saturated heterocycles. The Hall–Kier alpha value is -3.57. The molecule has 3 aromatic carbocycles. The monoisotopic (exact) mass is 523 g/mol. The molecular formula is C34H41N3O2. The van der Waals surface area contributed by atoms with Crippen molar-refractivity contribution in [1.82, 2.24) is 9.88 Å².